The standard InChI is InChI=1S/C65H79NO10/c1-41-33-56(61(69)24-19-46-17-20-48(21-18-46)52-16-12-13-42(52)2)59(34-41)64(70)60(65(6,7)8)38-50(68)40-74-30-29-72-26-25-71-27-28-73-31-32-75-51-22-23-53-55(35-47-14-10-9-11-15-47)57-37-49(62-43(3)66-76-45(62)5)36-54(44(4)67)63(57)58(53)39-51/h9-14,16-18,20-23,36-37,39,41-42,47,55-56,59-60H,15,19,24-35,38,40H2,1-8H3/t41?,42?,47?,55?,56-,59?,60-/m1/s1. The summed E-state index contributed by atoms with van der Waals surface area (Å²) in [6, 6.07) is 19.0. The van der Waals surface area contributed by atoms with Gasteiger partial charge in [-0.1, -0.05) is 113 Å². The van der Waals surface area contributed by atoms with Gasteiger partial charge in [0, 0.05) is 47.6 Å². The minimum absolute atomic E-state index is 0.00763. The third-order valence-electron chi connectivity index (χ3n) is 15.9. The summed E-state index contributed by atoms with van der Waals surface area (Å²) in [6.07, 6.45) is 19.6. The number of ketones is 4. The number of ether oxygens (including phenoxy) is 5. The number of carbonyl (C=O) groups excluding carboxylic acids is 4. The van der Waals surface area contributed by atoms with Crippen molar-refractivity contribution in [3.05, 3.63) is 136 Å². The van der Waals surface area contributed by atoms with E-state index in [4.69, 9.17) is 28.2 Å². The van der Waals surface area contributed by atoms with Crippen LogP contribution in [0.25, 0.3) is 27.8 Å². The van der Waals surface area contributed by atoms with Crippen LogP contribution in [-0.2, 0) is 39.8 Å². The van der Waals surface area contributed by atoms with Crippen molar-refractivity contribution in [3.8, 4) is 28.0 Å². The molecular formula is C65H79NO10. The van der Waals surface area contributed by atoms with Crippen molar-refractivity contribution in [1.29, 1.82) is 0 Å². The van der Waals surface area contributed by atoms with E-state index in [1.54, 1.807) is 6.92 Å². The normalized spacial score (nSPS) is 20.9. The van der Waals surface area contributed by atoms with E-state index < -0.39 is 11.3 Å². The highest BCUT2D eigenvalue weighted by atomic mass is 16.6. The molecule has 0 radical (unpaired) electrons. The van der Waals surface area contributed by atoms with Gasteiger partial charge >= 0.3 is 0 Å². The molecule has 0 bridgehead atoms. The van der Waals surface area contributed by atoms with Gasteiger partial charge in [0.05, 0.1) is 51.9 Å². The van der Waals surface area contributed by atoms with Crippen molar-refractivity contribution in [3.63, 3.8) is 0 Å². The van der Waals surface area contributed by atoms with Gasteiger partial charge in [0.25, 0.3) is 0 Å². The van der Waals surface area contributed by atoms with E-state index >= 15 is 0 Å². The summed E-state index contributed by atoms with van der Waals surface area (Å²) >= 11 is 0. The molecule has 1 aromatic heterocycles. The number of benzene rings is 3. The lowest BCUT2D eigenvalue weighted by molar-refractivity contribution is -0.139. The van der Waals surface area contributed by atoms with E-state index in [0.29, 0.717) is 89.3 Å². The Bertz CT molecular complexity index is 2800. The topological polar surface area (TPSA) is 140 Å². The van der Waals surface area contributed by atoms with Gasteiger partial charge < -0.3 is 28.2 Å². The Morgan fingerprint density at radius 3 is 2.08 bits per heavy atom. The van der Waals surface area contributed by atoms with Crippen LogP contribution in [0.5, 0.6) is 5.75 Å². The monoisotopic (exact) mass is 1030 g/mol. The third kappa shape index (κ3) is 14.0. The predicted octanol–water partition coefficient (Wildman–Crippen LogP) is 12.9. The Labute approximate surface area is 450 Å². The van der Waals surface area contributed by atoms with Crippen LogP contribution >= 0.6 is 0 Å². The molecule has 1 fully saturated rings. The maximum Gasteiger partial charge on any atom is 0.160 e. The molecule has 0 amide bonds. The van der Waals surface area contributed by atoms with Gasteiger partial charge in [0.1, 0.15) is 36.3 Å². The van der Waals surface area contributed by atoms with E-state index in [0.717, 1.165) is 63.4 Å². The van der Waals surface area contributed by atoms with E-state index in [-0.39, 0.29) is 66.4 Å². The summed E-state index contributed by atoms with van der Waals surface area (Å²) < 4.78 is 34.6. The number of rotatable bonds is 28. The minimum atomic E-state index is -0.503. The predicted molar refractivity (Wildman–Crippen MR) is 297 cm³/mol. The summed E-state index contributed by atoms with van der Waals surface area (Å²) in [6.45, 7) is 18.5. The number of nitrogens with zero attached hydrogens (tertiary/aromatic N) is 1. The van der Waals surface area contributed by atoms with E-state index in [1.165, 1.54) is 16.7 Å². The molecule has 4 aromatic rings. The molecule has 0 N–H and O–H groups in total. The molecule has 3 aromatic carbocycles. The number of aryl methyl sites for hydroxylation is 3. The van der Waals surface area contributed by atoms with Gasteiger partial charge in [0.2, 0.25) is 0 Å². The third-order valence-corrected chi connectivity index (χ3v) is 15.9. The van der Waals surface area contributed by atoms with Crippen molar-refractivity contribution in [1.82, 2.24) is 5.16 Å². The van der Waals surface area contributed by atoms with Crippen molar-refractivity contribution < 1.29 is 47.4 Å². The molecule has 0 saturated heterocycles. The average molecular weight is 1030 g/mol. The van der Waals surface area contributed by atoms with Crippen LogP contribution < -0.4 is 4.74 Å². The van der Waals surface area contributed by atoms with Gasteiger partial charge in [-0.2, -0.15) is 0 Å². The molecule has 7 atom stereocenters. The first kappa shape index (κ1) is 56.4. The van der Waals surface area contributed by atoms with Crippen LogP contribution in [0.3, 0.4) is 0 Å². The van der Waals surface area contributed by atoms with Gasteiger partial charge in [-0.05, 0) is 145 Å². The zero-order valence-corrected chi connectivity index (χ0v) is 46.1. The SMILES string of the molecule is CC(=O)c1cc(-c2c(C)noc2C)cc2c1-c1cc(OCCOCCOCCOCCOCC(=O)C[C@H](C(=O)C3CC(C)C[C@H]3C(=O)CCc3ccc(C4=CC=CC4C)cc3)C(C)(C)C)ccc1C2CC1C=CC=CC1. The molecule has 5 unspecified atom stereocenters. The fraction of sp³-hybridized carbons (Fsp3) is 0.492. The maximum atomic E-state index is 14.3. The van der Waals surface area contributed by atoms with E-state index in [9.17, 15) is 19.2 Å². The van der Waals surface area contributed by atoms with Crippen molar-refractivity contribution in [2.75, 3.05) is 59.5 Å². The summed E-state index contributed by atoms with van der Waals surface area (Å²) in [5.74, 6) is 1.50. The summed E-state index contributed by atoms with van der Waals surface area (Å²) in [5, 5.41) is 4.20. The second-order valence-corrected chi connectivity index (χ2v) is 22.6. The summed E-state index contributed by atoms with van der Waals surface area (Å²) in [4.78, 5) is 54.6. The Balaban J connectivity index is 0.713. The number of allylic oxidation sites excluding steroid dienone is 8. The Hall–Kier alpha value is -5.85. The highest BCUT2D eigenvalue weighted by Crippen LogP contribution is 2.52. The molecule has 404 valence electrons. The van der Waals surface area contributed by atoms with Gasteiger partial charge in [0.15, 0.2) is 11.6 Å². The number of aromatic nitrogens is 1. The first-order valence-electron chi connectivity index (χ1n) is 27.7. The van der Waals surface area contributed by atoms with Crippen LogP contribution in [0.2, 0.25) is 0 Å². The van der Waals surface area contributed by atoms with Crippen molar-refractivity contribution >= 4 is 28.7 Å². The number of hydrogen-bond donors (Lipinski definition) is 0. The zero-order valence-electron chi connectivity index (χ0n) is 46.1. The summed E-state index contributed by atoms with van der Waals surface area (Å²) in [5.41, 5.74) is 10.9. The Morgan fingerprint density at radius 2 is 1.45 bits per heavy atom. The van der Waals surface area contributed by atoms with Crippen LogP contribution in [0.4, 0.5) is 0 Å². The van der Waals surface area contributed by atoms with E-state index in [1.807, 2.05) is 46.8 Å². The van der Waals surface area contributed by atoms with Crippen molar-refractivity contribution in [2.45, 2.75) is 106 Å². The lowest BCUT2D eigenvalue weighted by atomic mass is 9.70. The fourth-order valence-corrected chi connectivity index (χ4v) is 11.9. The molecule has 0 aliphatic heterocycles. The molecule has 11 heteroatoms. The van der Waals surface area contributed by atoms with Gasteiger partial charge in [-0.15, -0.1) is 0 Å². The Kier molecular flexibility index (Phi) is 19.3. The molecule has 11 nitrogen and oxygen atoms in total. The molecule has 4 aliphatic carbocycles. The fourth-order valence-electron chi connectivity index (χ4n) is 11.9. The number of Topliss-reactive ketones (excluding diaryl/α,β-unsaturated/α-hetero) is 4. The van der Waals surface area contributed by atoms with Crippen LogP contribution in [0.15, 0.2) is 102 Å². The first-order chi connectivity index (χ1) is 36.6. The lowest BCUT2D eigenvalue weighted by Gasteiger charge is -2.32. The molecule has 8 rings (SSSR count). The van der Waals surface area contributed by atoms with Crippen molar-refractivity contribution in [2.24, 2.45) is 40.9 Å². The molecule has 0 spiro atoms. The molecule has 76 heavy (non-hydrogen) atoms. The lowest BCUT2D eigenvalue weighted by Crippen LogP contribution is -2.38. The summed E-state index contributed by atoms with van der Waals surface area (Å²) in [7, 11) is 0. The maximum absolute atomic E-state index is 14.3. The molecule has 1 heterocycles. The molecule has 4 aliphatic rings. The largest absolute Gasteiger partial charge is 0.491 e. The molecular weight excluding hydrogens is 955 g/mol. The smallest absolute Gasteiger partial charge is 0.160 e. The second kappa shape index (κ2) is 26.0. The first-order valence-corrected chi connectivity index (χ1v) is 27.7. The van der Waals surface area contributed by atoms with Crippen LogP contribution in [0.1, 0.15) is 130 Å². The second-order valence-electron chi connectivity index (χ2n) is 22.6. The van der Waals surface area contributed by atoms with Gasteiger partial charge in [-0.3, -0.25) is 19.2 Å². The van der Waals surface area contributed by atoms with Gasteiger partial charge in [-0.25, -0.2) is 0 Å². The number of carbonyl (C=O) groups is 4. The van der Waals surface area contributed by atoms with E-state index in [2.05, 4.69) is 104 Å². The number of fused-ring (bicyclic) bond motifs is 3. The molecule has 1 saturated carbocycles. The zero-order chi connectivity index (χ0) is 53.9. The highest BCUT2D eigenvalue weighted by Gasteiger charge is 2.45. The Morgan fingerprint density at radius 1 is 0.750 bits per heavy atom. The minimum Gasteiger partial charge on any atom is -0.491 e. The highest BCUT2D eigenvalue weighted by molar-refractivity contribution is 6.05. The van der Waals surface area contributed by atoms with Crippen LogP contribution in [-0.4, -0.2) is 87.8 Å². The van der Waals surface area contributed by atoms with Crippen LogP contribution in [0, 0.1) is 54.8 Å². The quantitative estimate of drug-likeness (QED) is 0.0396. The number of hydrogen-bond acceptors (Lipinski definition) is 11. The average Bonchev–Trinajstić information content (AvgIpc) is 4.18.